The number of nitrogens with one attached hydrogen (secondary N) is 2. The van der Waals surface area contributed by atoms with Gasteiger partial charge in [0.05, 0.1) is 12.6 Å². The number of halogens is 1. The first-order valence-electron chi connectivity index (χ1n) is 5.35. The minimum Gasteiger partial charge on any atom is -0.383 e. The van der Waals surface area contributed by atoms with Gasteiger partial charge in [-0.25, -0.2) is 9.18 Å². The van der Waals surface area contributed by atoms with Crippen LogP contribution < -0.4 is 10.6 Å². The molecule has 2 N–H and O–H groups in total. The number of ether oxygens (including phenoxy) is 1. The molecule has 1 unspecified atom stereocenters. The molecule has 0 saturated heterocycles. The van der Waals surface area contributed by atoms with E-state index in [0.717, 1.165) is 0 Å². The lowest BCUT2D eigenvalue weighted by Gasteiger charge is -2.14. The van der Waals surface area contributed by atoms with Crippen molar-refractivity contribution in [3.05, 3.63) is 29.6 Å². The van der Waals surface area contributed by atoms with Crippen molar-refractivity contribution in [3.8, 4) is 0 Å². The summed E-state index contributed by atoms with van der Waals surface area (Å²) in [4.78, 5) is 11.6. The lowest BCUT2D eigenvalue weighted by molar-refractivity contribution is 0.173. The number of hydrogen-bond acceptors (Lipinski definition) is 2. The molecule has 0 aliphatic carbocycles. The highest BCUT2D eigenvalue weighted by atomic mass is 19.1. The van der Waals surface area contributed by atoms with Crippen LogP contribution >= 0.6 is 0 Å². The molecule has 2 amide bonds. The maximum Gasteiger partial charge on any atom is 0.319 e. The molecular weight excluding hydrogens is 223 g/mol. The minimum atomic E-state index is -0.329. The van der Waals surface area contributed by atoms with E-state index in [-0.39, 0.29) is 17.9 Å². The summed E-state index contributed by atoms with van der Waals surface area (Å²) in [5.74, 6) is -0.318. The van der Waals surface area contributed by atoms with Crippen LogP contribution in [0, 0.1) is 12.7 Å². The standard InChI is InChI=1S/C12H17FN2O2/c1-8-6-10(13)4-5-11(8)15-12(16)14-9(2)7-17-3/h4-6,9H,7H2,1-3H3,(H2,14,15,16). The van der Waals surface area contributed by atoms with Gasteiger partial charge in [-0.3, -0.25) is 0 Å². The third-order valence-electron chi connectivity index (χ3n) is 2.23. The number of urea groups is 1. The first kappa shape index (κ1) is 13.4. The second-order valence-corrected chi connectivity index (χ2v) is 3.91. The number of hydrogen-bond donors (Lipinski definition) is 2. The molecular formula is C12H17FN2O2. The molecule has 5 heteroatoms. The maximum absolute atomic E-state index is 12.9. The summed E-state index contributed by atoms with van der Waals surface area (Å²) in [6.07, 6.45) is 0. The highest BCUT2D eigenvalue weighted by molar-refractivity contribution is 5.90. The predicted molar refractivity (Wildman–Crippen MR) is 64.6 cm³/mol. The van der Waals surface area contributed by atoms with Crippen molar-refractivity contribution < 1.29 is 13.9 Å². The van der Waals surface area contributed by atoms with Gasteiger partial charge in [-0.15, -0.1) is 0 Å². The van der Waals surface area contributed by atoms with Crippen LogP contribution in [0.2, 0.25) is 0 Å². The van der Waals surface area contributed by atoms with Crippen LogP contribution in [0.5, 0.6) is 0 Å². The average molecular weight is 240 g/mol. The van der Waals surface area contributed by atoms with Crippen molar-refractivity contribution in [2.24, 2.45) is 0 Å². The summed E-state index contributed by atoms with van der Waals surface area (Å²) in [6, 6.07) is 3.80. The number of anilines is 1. The van der Waals surface area contributed by atoms with Gasteiger partial charge < -0.3 is 15.4 Å². The Hall–Kier alpha value is -1.62. The van der Waals surface area contributed by atoms with Crippen molar-refractivity contribution in [1.29, 1.82) is 0 Å². The van der Waals surface area contributed by atoms with Gasteiger partial charge in [0.25, 0.3) is 0 Å². The third kappa shape index (κ3) is 4.40. The first-order valence-corrected chi connectivity index (χ1v) is 5.35. The fraction of sp³-hybridized carbons (Fsp3) is 0.417. The topological polar surface area (TPSA) is 50.4 Å². The van der Waals surface area contributed by atoms with Crippen LogP contribution in [-0.4, -0.2) is 25.8 Å². The molecule has 1 aromatic rings. The molecule has 0 aliphatic rings. The molecule has 1 rings (SSSR count). The molecule has 94 valence electrons. The number of aryl methyl sites for hydroxylation is 1. The summed E-state index contributed by atoms with van der Waals surface area (Å²) in [5.41, 5.74) is 1.27. The largest absolute Gasteiger partial charge is 0.383 e. The Balaban J connectivity index is 2.56. The normalized spacial score (nSPS) is 12.0. The Bertz CT molecular complexity index is 396. The third-order valence-corrected chi connectivity index (χ3v) is 2.23. The SMILES string of the molecule is COCC(C)NC(=O)Nc1ccc(F)cc1C. The van der Waals surface area contributed by atoms with Crippen LogP contribution in [0.4, 0.5) is 14.9 Å². The van der Waals surface area contributed by atoms with E-state index in [1.165, 1.54) is 18.2 Å². The van der Waals surface area contributed by atoms with Gasteiger partial charge in [-0.1, -0.05) is 0 Å². The van der Waals surface area contributed by atoms with E-state index < -0.39 is 0 Å². The van der Waals surface area contributed by atoms with Crippen LogP contribution in [0.25, 0.3) is 0 Å². The quantitative estimate of drug-likeness (QED) is 0.848. The first-order chi connectivity index (χ1) is 8.02. The van der Waals surface area contributed by atoms with E-state index in [9.17, 15) is 9.18 Å². The zero-order valence-electron chi connectivity index (χ0n) is 10.2. The van der Waals surface area contributed by atoms with E-state index in [1.807, 2.05) is 6.92 Å². The molecule has 0 aliphatic heterocycles. The molecule has 0 bridgehead atoms. The van der Waals surface area contributed by atoms with Gasteiger partial charge in [0.1, 0.15) is 5.82 Å². The van der Waals surface area contributed by atoms with E-state index in [1.54, 1.807) is 14.0 Å². The van der Waals surface area contributed by atoms with Gasteiger partial charge >= 0.3 is 6.03 Å². The van der Waals surface area contributed by atoms with Crippen molar-refractivity contribution in [2.75, 3.05) is 19.0 Å². The molecule has 0 saturated carbocycles. The molecule has 1 atom stereocenters. The summed E-state index contributed by atoms with van der Waals surface area (Å²) >= 11 is 0. The Labute approximate surface area is 100 Å². The number of rotatable bonds is 4. The Morgan fingerprint density at radius 1 is 1.53 bits per heavy atom. The molecule has 4 nitrogen and oxygen atoms in total. The fourth-order valence-electron chi connectivity index (χ4n) is 1.44. The van der Waals surface area contributed by atoms with Gasteiger partial charge in [0.2, 0.25) is 0 Å². The zero-order valence-corrected chi connectivity index (χ0v) is 10.2. The van der Waals surface area contributed by atoms with E-state index >= 15 is 0 Å². The predicted octanol–water partition coefficient (Wildman–Crippen LogP) is 2.29. The number of carbonyl (C=O) groups is 1. The van der Waals surface area contributed by atoms with Crippen LogP contribution in [0.3, 0.4) is 0 Å². The Morgan fingerprint density at radius 2 is 2.24 bits per heavy atom. The number of amides is 2. The molecule has 1 aromatic carbocycles. The van der Waals surface area contributed by atoms with Gasteiger partial charge in [0, 0.05) is 12.8 Å². The second kappa shape index (κ2) is 6.20. The second-order valence-electron chi connectivity index (χ2n) is 3.91. The van der Waals surface area contributed by atoms with E-state index in [2.05, 4.69) is 10.6 Å². The van der Waals surface area contributed by atoms with Crippen molar-refractivity contribution >= 4 is 11.7 Å². The lowest BCUT2D eigenvalue weighted by atomic mass is 10.2. The average Bonchev–Trinajstić information content (AvgIpc) is 2.22. The molecule has 0 radical (unpaired) electrons. The van der Waals surface area contributed by atoms with Crippen LogP contribution in [0.15, 0.2) is 18.2 Å². The van der Waals surface area contributed by atoms with E-state index in [0.29, 0.717) is 17.9 Å². The fourth-order valence-corrected chi connectivity index (χ4v) is 1.44. The van der Waals surface area contributed by atoms with Crippen molar-refractivity contribution in [2.45, 2.75) is 19.9 Å². The monoisotopic (exact) mass is 240 g/mol. The summed E-state index contributed by atoms with van der Waals surface area (Å²) in [5, 5.41) is 5.36. The molecule has 17 heavy (non-hydrogen) atoms. The number of carbonyl (C=O) groups excluding carboxylic acids is 1. The van der Waals surface area contributed by atoms with Gasteiger partial charge in [-0.2, -0.15) is 0 Å². The van der Waals surface area contributed by atoms with Crippen molar-refractivity contribution in [3.63, 3.8) is 0 Å². The van der Waals surface area contributed by atoms with Gasteiger partial charge in [-0.05, 0) is 37.6 Å². The zero-order chi connectivity index (χ0) is 12.8. The summed E-state index contributed by atoms with van der Waals surface area (Å²) in [7, 11) is 1.57. The Morgan fingerprint density at radius 3 is 2.82 bits per heavy atom. The van der Waals surface area contributed by atoms with Crippen LogP contribution in [-0.2, 0) is 4.74 Å². The highest BCUT2D eigenvalue weighted by Gasteiger charge is 2.08. The molecule has 0 heterocycles. The highest BCUT2D eigenvalue weighted by Crippen LogP contribution is 2.15. The van der Waals surface area contributed by atoms with Crippen LogP contribution in [0.1, 0.15) is 12.5 Å². The Kier molecular flexibility index (Phi) is 4.90. The smallest absolute Gasteiger partial charge is 0.319 e. The lowest BCUT2D eigenvalue weighted by Crippen LogP contribution is -2.38. The molecule has 0 aromatic heterocycles. The van der Waals surface area contributed by atoms with Crippen molar-refractivity contribution in [1.82, 2.24) is 5.32 Å². The van der Waals surface area contributed by atoms with Gasteiger partial charge in [0.15, 0.2) is 0 Å². The summed E-state index contributed by atoms with van der Waals surface area (Å²) in [6.45, 7) is 4.01. The minimum absolute atomic E-state index is 0.0826. The molecule has 0 fully saturated rings. The summed E-state index contributed by atoms with van der Waals surface area (Å²) < 4.78 is 17.8. The maximum atomic E-state index is 12.9. The molecule has 0 spiro atoms. The van der Waals surface area contributed by atoms with E-state index in [4.69, 9.17) is 4.74 Å². The number of benzene rings is 1. The number of methoxy groups -OCH3 is 1.